The highest BCUT2D eigenvalue weighted by atomic mass is 32.1. The number of pyridine rings is 1. The monoisotopic (exact) mass is 439 g/mol. The fourth-order valence-electron chi connectivity index (χ4n) is 3.25. The van der Waals surface area contributed by atoms with E-state index < -0.39 is 29.0 Å². The van der Waals surface area contributed by atoms with Crippen molar-refractivity contribution in [2.45, 2.75) is 26.4 Å². The molecule has 0 spiro atoms. The highest BCUT2D eigenvalue weighted by Gasteiger charge is 2.23. The number of amides is 1. The van der Waals surface area contributed by atoms with Crippen LogP contribution in [-0.2, 0) is 11.3 Å². The molecule has 0 aliphatic carbocycles. The Hall–Kier alpha value is -3.66. The summed E-state index contributed by atoms with van der Waals surface area (Å²) >= 11 is 0.966. The average Bonchev–Trinajstić information content (AvgIpc) is 3.19. The normalized spacial score (nSPS) is 11.2. The summed E-state index contributed by atoms with van der Waals surface area (Å²) in [5, 5.41) is 2.64. The van der Waals surface area contributed by atoms with Gasteiger partial charge in [-0.15, -0.1) is 0 Å². The molecule has 31 heavy (non-hydrogen) atoms. The summed E-state index contributed by atoms with van der Waals surface area (Å²) in [6.07, 6.45) is 1.58. The van der Waals surface area contributed by atoms with Crippen LogP contribution in [0.4, 0.5) is 10.1 Å². The van der Waals surface area contributed by atoms with Crippen molar-refractivity contribution < 1.29 is 9.18 Å². The van der Waals surface area contributed by atoms with Crippen LogP contribution in [0.5, 0.6) is 0 Å². The van der Waals surface area contributed by atoms with Crippen LogP contribution in [-0.4, -0.2) is 24.4 Å². The molecule has 10 heteroatoms. The zero-order chi connectivity index (χ0) is 22.1. The molecule has 158 valence electrons. The number of benzene rings is 1. The fourth-order valence-corrected chi connectivity index (χ4v) is 4.08. The number of fused-ring (bicyclic) bond motifs is 1. The predicted molar refractivity (Wildman–Crippen MR) is 117 cm³/mol. The molecule has 0 fully saturated rings. The zero-order valence-corrected chi connectivity index (χ0v) is 17.5. The van der Waals surface area contributed by atoms with Gasteiger partial charge in [0, 0.05) is 17.9 Å². The smallest absolute Gasteiger partial charge is 0.325 e. The number of nitrogens with zero attached hydrogens (tertiary/aromatic N) is 4. The minimum atomic E-state index is -0.612. The molecule has 0 unspecified atom stereocenters. The van der Waals surface area contributed by atoms with Crippen LogP contribution in [0.25, 0.3) is 21.6 Å². The van der Waals surface area contributed by atoms with Crippen LogP contribution in [0.1, 0.15) is 19.9 Å². The lowest BCUT2D eigenvalue weighted by Crippen LogP contribution is -2.42. The maximum atomic E-state index is 13.2. The number of halogens is 1. The largest absolute Gasteiger partial charge is 0.332 e. The van der Waals surface area contributed by atoms with Crippen LogP contribution < -0.4 is 16.6 Å². The molecule has 8 nitrogen and oxygen atoms in total. The highest BCUT2D eigenvalue weighted by molar-refractivity contribution is 7.13. The molecule has 0 radical (unpaired) electrons. The number of anilines is 1. The molecule has 0 saturated heterocycles. The molecule has 0 bridgehead atoms. The van der Waals surface area contributed by atoms with Crippen molar-refractivity contribution in [1.82, 2.24) is 18.5 Å². The second-order valence-corrected chi connectivity index (χ2v) is 7.89. The summed E-state index contributed by atoms with van der Waals surface area (Å²) < 4.78 is 20.1. The van der Waals surface area contributed by atoms with Gasteiger partial charge in [-0.3, -0.25) is 23.7 Å². The van der Waals surface area contributed by atoms with E-state index in [0.717, 1.165) is 16.1 Å². The molecule has 0 saturated carbocycles. The quantitative estimate of drug-likeness (QED) is 0.515. The van der Waals surface area contributed by atoms with E-state index in [4.69, 9.17) is 0 Å². The van der Waals surface area contributed by atoms with E-state index in [-0.39, 0.29) is 16.8 Å². The maximum absolute atomic E-state index is 13.2. The summed E-state index contributed by atoms with van der Waals surface area (Å²) in [4.78, 5) is 43.2. The molecule has 1 aromatic carbocycles. The van der Waals surface area contributed by atoms with E-state index in [1.54, 1.807) is 38.2 Å². The van der Waals surface area contributed by atoms with Gasteiger partial charge in [0.25, 0.3) is 5.56 Å². The summed E-state index contributed by atoms with van der Waals surface area (Å²) in [7, 11) is 0. The lowest BCUT2D eigenvalue weighted by atomic mass is 10.2. The van der Waals surface area contributed by atoms with Crippen molar-refractivity contribution in [3.05, 3.63) is 75.3 Å². The van der Waals surface area contributed by atoms with Crippen LogP contribution in [0.3, 0.4) is 0 Å². The summed E-state index contributed by atoms with van der Waals surface area (Å²) in [6, 6.07) is 10.1. The molecular formula is C21H18FN5O3S. The van der Waals surface area contributed by atoms with Gasteiger partial charge in [-0.2, -0.15) is 4.37 Å². The molecule has 4 rings (SSSR count). The predicted octanol–water partition coefficient (Wildman–Crippen LogP) is 3.04. The van der Waals surface area contributed by atoms with Gasteiger partial charge in [0.2, 0.25) is 5.91 Å². The number of aromatic nitrogens is 4. The molecule has 1 amide bonds. The first kappa shape index (κ1) is 20.6. The van der Waals surface area contributed by atoms with Crippen LogP contribution >= 0.6 is 11.5 Å². The average molecular weight is 439 g/mol. The van der Waals surface area contributed by atoms with Crippen LogP contribution in [0.15, 0.2) is 58.3 Å². The first-order chi connectivity index (χ1) is 14.9. The second kappa shape index (κ2) is 8.23. The Labute approximate surface area is 179 Å². The molecule has 3 heterocycles. The minimum Gasteiger partial charge on any atom is -0.325 e. The number of rotatable bonds is 5. The SMILES string of the molecule is CC(C)n1c(=O)c2snc(-c3ccccn3)c2n(CC(=O)Nc2ccc(F)cc2)c1=O. The van der Waals surface area contributed by atoms with E-state index in [1.165, 1.54) is 28.8 Å². The van der Waals surface area contributed by atoms with E-state index in [9.17, 15) is 18.8 Å². The zero-order valence-electron chi connectivity index (χ0n) is 16.7. The van der Waals surface area contributed by atoms with E-state index >= 15 is 0 Å². The Morgan fingerprint density at radius 3 is 2.55 bits per heavy atom. The van der Waals surface area contributed by atoms with Gasteiger partial charge in [-0.25, -0.2) is 9.18 Å². The maximum Gasteiger partial charge on any atom is 0.332 e. The number of nitrogens with one attached hydrogen (secondary N) is 1. The van der Waals surface area contributed by atoms with E-state index in [0.29, 0.717) is 17.1 Å². The Bertz CT molecular complexity index is 1370. The third-order valence-electron chi connectivity index (χ3n) is 4.64. The van der Waals surface area contributed by atoms with Crippen molar-refractivity contribution in [3.63, 3.8) is 0 Å². The van der Waals surface area contributed by atoms with Gasteiger partial charge in [0.1, 0.15) is 22.8 Å². The number of hydrogen-bond acceptors (Lipinski definition) is 6. The number of hydrogen-bond donors (Lipinski definition) is 1. The first-order valence-electron chi connectivity index (χ1n) is 9.48. The van der Waals surface area contributed by atoms with Crippen molar-refractivity contribution in [1.29, 1.82) is 0 Å². The van der Waals surface area contributed by atoms with E-state index in [2.05, 4.69) is 14.7 Å². The van der Waals surface area contributed by atoms with Crippen molar-refractivity contribution in [2.75, 3.05) is 5.32 Å². The molecule has 0 aliphatic rings. The Morgan fingerprint density at radius 1 is 1.16 bits per heavy atom. The topological polar surface area (TPSA) is 98.9 Å². The van der Waals surface area contributed by atoms with Gasteiger partial charge in [-0.1, -0.05) is 6.07 Å². The lowest BCUT2D eigenvalue weighted by molar-refractivity contribution is -0.116. The second-order valence-electron chi connectivity index (χ2n) is 7.12. The lowest BCUT2D eigenvalue weighted by Gasteiger charge is -2.15. The molecular weight excluding hydrogens is 421 g/mol. The number of carbonyl (C=O) groups is 1. The van der Waals surface area contributed by atoms with Crippen LogP contribution in [0, 0.1) is 5.82 Å². The minimum absolute atomic E-state index is 0.267. The van der Waals surface area contributed by atoms with Gasteiger partial charge in [0.05, 0.1) is 11.2 Å². The Kier molecular flexibility index (Phi) is 5.47. The van der Waals surface area contributed by atoms with Gasteiger partial charge in [0.15, 0.2) is 0 Å². The van der Waals surface area contributed by atoms with E-state index in [1.807, 2.05) is 0 Å². The van der Waals surface area contributed by atoms with Gasteiger partial charge >= 0.3 is 5.69 Å². The van der Waals surface area contributed by atoms with Gasteiger partial charge in [-0.05, 0) is 61.8 Å². The fraction of sp³-hybridized carbons (Fsp3) is 0.190. The molecule has 0 atom stereocenters. The summed E-state index contributed by atoms with van der Waals surface area (Å²) in [5.74, 6) is -0.925. The van der Waals surface area contributed by atoms with Gasteiger partial charge < -0.3 is 5.32 Å². The molecule has 0 aliphatic heterocycles. The van der Waals surface area contributed by atoms with Crippen LogP contribution in [0.2, 0.25) is 0 Å². The Morgan fingerprint density at radius 2 is 1.90 bits per heavy atom. The van der Waals surface area contributed by atoms with Crippen molar-refractivity contribution in [2.24, 2.45) is 0 Å². The van der Waals surface area contributed by atoms with Crippen molar-refractivity contribution >= 4 is 33.3 Å². The summed E-state index contributed by atoms with van der Waals surface area (Å²) in [6.45, 7) is 3.09. The molecule has 3 aromatic heterocycles. The van der Waals surface area contributed by atoms with Crippen molar-refractivity contribution in [3.8, 4) is 11.4 Å². The number of carbonyl (C=O) groups excluding carboxylic acids is 1. The molecule has 1 N–H and O–H groups in total. The third-order valence-corrected chi connectivity index (χ3v) is 5.47. The molecule has 4 aromatic rings. The third kappa shape index (κ3) is 3.89. The first-order valence-corrected chi connectivity index (χ1v) is 10.3. The highest BCUT2D eigenvalue weighted by Crippen LogP contribution is 2.27. The Balaban J connectivity index is 1.86. The standard InChI is InChI=1S/C21H18FN5O3S/c1-12(2)27-20(29)19-18(17(25-31-19)15-5-3-4-10-23-15)26(21(27)30)11-16(28)24-14-8-6-13(22)7-9-14/h3-10,12H,11H2,1-2H3,(H,24,28). The summed E-state index contributed by atoms with van der Waals surface area (Å²) in [5.41, 5.74) is 0.443.